The molecule has 1 N–H and O–H groups in total. The number of fused-ring (bicyclic) bond motifs is 3. The normalized spacial score (nSPS) is 13.9. The molecular weight excluding hydrogens is 527 g/mol. The van der Waals surface area contributed by atoms with Gasteiger partial charge in [-0.1, -0.05) is 29.3 Å². The van der Waals surface area contributed by atoms with E-state index in [1.807, 2.05) is 46.0 Å². The molecule has 1 amide bonds. The highest BCUT2D eigenvalue weighted by Crippen LogP contribution is 2.37. The first kappa shape index (κ1) is 24.8. The van der Waals surface area contributed by atoms with Crippen molar-refractivity contribution >= 4 is 45.7 Å². The zero-order chi connectivity index (χ0) is 26.4. The molecule has 0 aliphatic carbocycles. The SMILES string of the molecule is COCC(=O)N1CC(Cn2cc(-c3cnc4ccn5c(CO)c(-c6c(Cl)cccc6Cl)nc5c4c3)cn2)C1. The number of imidazole rings is 1. The molecule has 5 aromatic rings. The number of benzene rings is 1. The molecule has 194 valence electrons. The molecule has 0 spiro atoms. The van der Waals surface area contributed by atoms with E-state index in [1.165, 1.54) is 7.11 Å². The Balaban J connectivity index is 1.32. The molecule has 38 heavy (non-hydrogen) atoms. The van der Waals surface area contributed by atoms with Gasteiger partial charge in [-0.15, -0.1) is 0 Å². The number of halogens is 2. The third-order valence-corrected chi connectivity index (χ3v) is 7.52. The highest BCUT2D eigenvalue weighted by Gasteiger charge is 2.30. The second-order valence-electron chi connectivity index (χ2n) is 9.38. The number of carbonyl (C=O) groups is 1. The summed E-state index contributed by atoms with van der Waals surface area (Å²) in [5.74, 6) is 0.372. The number of ether oxygens (including phenoxy) is 1. The minimum Gasteiger partial charge on any atom is -0.390 e. The van der Waals surface area contributed by atoms with Crippen LogP contribution in [-0.2, 0) is 22.7 Å². The second kappa shape index (κ2) is 9.99. The van der Waals surface area contributed by atoms with Crippen LogP contribution >= 0.6 is 23.2 Å². The number of methoxy groups -OCH3 is 1. The number of nitrogens with zero attached hydrogens (tertiary/aromatic N) is 6. The number of aliphatic hydroxyl groups excluding tert-OH is 1. The van der Waals surface area contributed by atoms with Crippen LogP contribution in [0.4, 0.5) is 0 Å². The molecule has 0 unspecified atom stereocenters. The molecule has 6 rings (SSSR count). The summed E-state index contributed by atoms with van der Waals surface area (Å²) < 4.78 is 8.68. The third kappa shape index (κ3) is 4.31. The zero-order valence-corrected chi connectivity index (χ0v) is 22.0. The maximum absolute atomic E-state index is 11.9. The van der Waals surface area contributed by atoms with Crippen LogP contribution < -0.4 is 0 Å². The molecule has 9 nitrogen and oxygen atoms in total. The monoisotopic (exact) mass is 550 g/mol. The molecule has 1 fully saturated rings. The van der Waals surface area contributed by atoms with E-state index < -0.39 is 0 Å². The van der Waals surface area contributed by atoms with Gasteiger partial charge in [-0.25, -0.2) is 4.98 Å². The lowest BCUT2D eigenvalue weighted by Gasteiger charge is -2.39. The van der Waals surface area contributed by atoms with Crippen LogP contribution in [0.25, 0.3) is 38.9 Å². The lowest BCUT2D eigenvalue weighted by Crippen LogP contribution is -2.52. The number of aromatic nitrogens is 5. The van der Waals surface area contributed by atoms with Crippen molar-refractivity contribution in [2.75, 3.05) is 26.8 Å². The Hall–Kier alpha value is -3.50. The molecule has 0 atom stereocenters. The number of likely N-dealkylation sites (tertiary alicyclic amines) is 1. The summed E-state index contributed by atoms with van der Waals surface area (Å²) in [5, 5.41) is 16.5. The van der Waals surface area contributed by atoms with E-state index in [4.69, 9.17) is 32.9 Å². The highest BCUT2D eigenvalue weighted by atomic mass is 35.5. The molecule has 1 saturated heterocycles. The molecule has 5 heterocycles. The predicted molar refractivity (Wildman–Crippen MR) is 145 cm³/mol. The van der Waals surface area contributed by atoms with Crippen molar-refractivity contribution < 1.29 is 14.6 Å². The molecule has 4 aromatic heterocycles. The van der Waals surface area contributed by atoms with E-state index in [0.717, 1.165) is 28.6 Å². The van der Waals surface area contributed by atoms with Gasteiger partial charge in [0.1, 0.15) is 12.3 Å². The van der Waals surface area contributed by atoms with E-state index >= 15 is 0 Å². The van der Waals surface area contributed by atoms with Gasteiger partial charge in [0.25, 0.3) is 0 Å². The van der Waals surface area contributed by atoms with E-state index in [2.05, 4.69) is 10.1 Å². The minimum absolute atomic E-state index is 0.0155. The summed E-state index contributed by atoms with van der Waals surface area (Å²) >= 11 is 12.9. The Kier molecular flexibility index (Phi) is 6.53. The van der Waals surface area contributed by atoms with Gasteiger partial charge in [0.15, 0.2) is 0 Å². The number of hydrogen-bond acceptors (Lipinski definition) is 6. The second-order valence-corrected chi connectivity index (χ2v) is 10.2. The number of pyridine rings is 2. The minimum atomic E-state index is -0.237. The fourth-order valence-corrected chi connectivity index (χ4v) is 5.54. The first-order valence-electron chi connectivity index (χ1n) is 12.1. The van der Waals surface area contributed by atoms with Crippen LogP contribution in [0.1, 0.15) is 5.69 Å². The Morgan fingerprint density at radius 1 is 1.16 bits per heavy atom. The molecule has 11 heteroatoms. The maximum atomic E-state index is 11.9. The molecule has 0 saturated carbocycles. The molecule has 0 bridgehead atoms. The van der Waals surface area contributed by atoms with Gasteiger partial charge in [0, 0.05) is 73.3 Å². The lowest BCUT2D eigenvalue weighted by molar-refractivity contribution is -0.141. The maximum Gasteiger partial charge on any atom is 0.248 e. The number of aliphatic hydroxyl groups is 1. The molecule has 0 radical (unpaired) electrons. The first-order valence-corrected chi connectivity index (χ1v) is 12.9. The number of amides is 1. The Bertz CT molecular complexity index is 1650. The molecule has 1 aromatic carbocycles. The topological polar surface area (TPSA) is 97.8 Å². The summed E-state index contributed by atoms with van der Waals surface area (Å²) in [6.45, 7) is 2.02. The Morgan fingerprint density at radius 3 is 2.68 bits per heavy atom. The van der Waals surface area contributed by atoms with Crippen molar-refractivity contribution in [2.24, 2.45) is 5.92 Å². The summed E-state index contributed by atoms with van der Waals surface area (Å²) in [6, 6.07) is 9.20. The van der Waals surface area contributed by atoms with E-state index in [1.54, 1.807) is 23.1 Å². The van der Waals surface area contributed by atoms with Gasteiger partial charge in [0.05, 0.1) is 39.8 Å². The van der Waals surface area contributed by atoms with Crippen molar-refractivity contribution in [1.29, 1.82) is 0 Å². The van der Waals surface area contributed by atoms with Crippen LogP contribution in [0.15, 0.2) is 55.1 Å². The van der Waals surface area contributed by atoms with Crippen molar-refractivity contribution in [3.05, 3.63) is 70.9 Å². The van der Waals surface area contributed by atoms with Crippen LogP contribution in [0.2, 0.25) is 10.0 Å². The number of rotatable bonds is 7. The van der Waals surface area contributed by atoms with Crippen LogP contribution in [0.5, 0.6) is 0 Å². The summed E-state index contributed by atoms with van der Waals surface area (Å²) in [4.78, 5) is 23.2. The predicted octanol–water partition coefficient (Wildman–Crippen LogP) is 4.32. The number of hydrogen-bond donors (Lipinski definition) is 1. The van der Waals surface area contributed by atoms with Crippen LogP contribution in [0, 0.1) is 5.92 Å². The summed E-state index contributed by atoms with van der Waals surface area (Å²) in [6.07, 6.45) is 7.46. The molecule has 1 aliphatic heterocycles. The van der Waals surface area contributed by atoms with Gasteiger partial charge in [0.2, 0.25) is 5.91 Å². The average Bonchev–Trinajstić information content (AvgIpc) is 3.50. The fraction of sp³-hybridized carbons (Fsp3) is 0.259. The zero-order valence-electron chi connectivity index (χ0n) is 20.5. The van der Waals surface area contributed by atoms with Gasteiger partial charge in [-0.2, -0.15) is 5.10 Å². The lowest BCUT2D eigenvalue weighted by atomic mass is 10.0. The summed E-state index contributed by atoms with van der Waals surface area (Å²) in [7, 11) is 1.53. The third-order valence-electron chi connectivity index (χ3n) is 6.89. The van der Waals surface area contributed by atoms with Crippen molar-refractivity contribution in [3.63, 3.8) is 0 Å². The highest BCUT2D eigenvalue weighted by molar-refractivity contribution is 6.39. The standard InChI is InChI=1S/C27H24Cl2N6O3/c1-38-15-24(37)33-10-16(11-33)12-34-13-18(9-31-34)17-7-19-22(30-8-17)5-6-35-23(14-36)26(32-27(19)35)25-20(28)3-2-4-21(25)29/h2-9,13,16,36H,10-12,14-15H2,1H3. The Morgan fingerprint density at radius 2 is 1.95 bits per heavy atom. The molecular formula is C27H24Cl2N6O3. The van der Waals surface area contributed by atoms with Crippen LogP contribution in [0.3, 0.4) is 0 Å². The largest absolute Gasteiger partial charge is 0.390 e. The Labute approximate surface area is 228 Å². The van der Waals surface area contributed by atoms with Crippen LogP contribution in [-0.4, -0.2) is 66.9 Å². The van der Waals surface area contributed by atoms with E-state index in [0.29, 0.717) is 51.7 Å². The summed E-state index contributed by atoms with van der Waals surface area (Å²) in [5.41, 5.74) is 4.95. The average molecular weight is 551 g/mol. The van der Waals surface area contributed by atoms with Crippen molar-refractivity contribution in [1.82, 2.24) is 29.0 Å². The number of carbonyl (C=O) groups excluding carboxylic acids is 1. The van der Waals surface area contributed by atoms with Crippen molar-refractivity contribution in [2.45, 2.75) is 13.2 Å². The molecule has 1 aliphatic rings. The quantitative estimate of drug-likeness (QED) is 0.324. The van der Waals surface area contributed by atoms with E-state index in [-0.39, 0.29) is 19.1 Å². The fourth-order valence-electron chi connectivity index (χ4n) is 4.96. The van der Waals surface area contributed by atoms with Crippen molar-refractivity contribution in [3.8, 4) is 22.4 Å². The van der Waals surface area contributed by atoms with Gasteiger partial charge < -0.3 is 19.1 Å². The van der Waals surface area contributed by atoms with E-state index in [9.17, 15) is 9.90 Å². The smallest absolute Gasteiger partial charge is 0.248 e. The van der Waals surface area contributed by atoms with Gasteiger partial charge in [-0.05, 0) is 24.3 Å². The first-order chi connectivity index (χ1) is 18.5. The van der Waals surface area contributed by atoms with Gasteiger partial charge >= 0.3 is 0 Å². The van der Waals surface area contributed by atoms with Gasteiger partial charge in [-0.3, -0.25) is 14.5 Å².